The predicted octanol–water partition coefficient (Wildman–Crippen LogP) is 1.74. The number of carboxylic acids is 1. The monoisotopic (exact) mass is 242 g/mol. The Kier molecular flexibility index (Phi) is 4.89. The second kappa shape index (κ2) is 5.96. The van der Waals surface area contributed by atoms with Crippen LogP contribution >= 0.6 is 11.3 Å². The number of aryl methyl sites for hydroxylation is 2. The summed E-state index contributed by atoms with van der Waals surface area (Å²) in [4.78, 5) is 16.6. The van der Waals surface area contributed by atoms with Crippen LogP contribution in [0.25, 0.3) is 0 Å². The minimum Gasteiger partial charge on any atom is -0.481 e. The number of nitrogens with two attached hydrogens (primary N) is 1. The molecule has 0 saturated heterocycles. The van der Waals surface area contributed by atoms with E-state index in [1.54, 1.807) is 11.3 Å². The third-order valence-corrected chi connectivity index (χ3v) is 3.69. The van der Waals surface area contributed by atoms with Gasteiger partial charge in [0.05, 0.1) is 16.6 Å². The Morgan fingerprint density at radius 1 is 1.56 bits per heavy atom. The fourth-order valence-electron chi connectivity index (χ4n) is 1.51. The first-order valence-electron chi connectivity index (χ1n) is 5.40. The summed E-state index contributed by atoms with van der Waals surface area (Å²) in [6.07, 6.45) is 1.90. The lowest BCUT2D eigenvalue weighted by atomic mass is 10.00. The van der Waals surface area contributed by atoms with Crippen molar-refractivity contribution in [2.24, 2.45) is 11.7 Å². The molecule has 90 valence electrons. The van der Waals surface area contributed by atoms with E-state index in [-0.39, 0.29) is 5.92 Å². The van der Waals surface area contributed by atoms with E-state index >= 15 is 0 Å². The molecule has 0 saturated carbocycles. The van der Waals surface area contributed by atoms with Gasteiger partial charge in [0.25, 0.3) is 0 Å². The highest BCUT2D eigenvalue weighted by Gasteiger charge is 2.19. The molecule has 0 aliphatic heterocycles. The van der Waals surface area contributed by atoms with Gasteiger partial charge in [-0.1, -0.05) is 0 Å². The fourth-order valence-corrected chi connectivity index (χ4v) is 2.53. The molecule has 1 unspecified atom stereocenters. The van der Waals surface area contributed by atoms with Crippen molar-refractivity contribution in [3.63, 3.8) is 0 Å². The fraction of sp³-hybridized carbons (Fsp3) is 0.636. The number of rotatable bonds is 6. The Balaban J connectivity index is 2.64. The lowest BCUT2D eigenvalue weighted by Gasteiger charge is -2.09. The summed E-state index contributed by atoms with van der Waals surface area (Å²) in [6.45, 7) is 4.50. The predicted molar refractivity (Wildman–Crippen MR) is 64.7 cm³/mol. The molecule has 0 amide bonds. The van der Waals surface area contributed by atoms with E-state index in [0.717, 1.165) is 22.0 Å². The Bertz CT molecular complexity index is 343. The molecule has 0 aliphatic rings. The van der Waals surface area contributed by atoms with E-state index in [4.69, 9.17) is 10.8 Å². The minimum absolute atomic E-state index is 0.353. The summed E-state index contributed by atoms with van der Waals surface area (Å²) in [5.74, 6) is -1.10. The van der Waals surface area contributed by atoms with Gasteiger partial charge in [-0.05, 0) is 33.2 Å². The third-order valence-electron chi connectivity index (χ3n) is 2.60. The molecule has 1 aromatic rings. The maximum Gasteiger partial charge on any atom is 0.306 e. The van der Waals surface area contributed by atoms with E-state index in [1.165, 1.54) is 0 Å². The standard InChI is InChI=1S/C11H18N2O2S/c1-7-8(2)16-10(13-7)6-9(11(14)15)4-3-5-12/h9H,3-6,12H2,1-2H3,(H,14,15). The number of nitrogens with zero attached hydrogens (tertiary/aromatic N) is 1. The summed E-state index contributed by atoms with van der Waals surface area (Å²) in [5.41, 5.74) is 6.40. The van der Waals surface area contributed by atoms with Gasteiger partial charge in [0.1, 0.15) is 0 Å². The van der Waals surface area contributed by atoms with Crippen LogP contribution in [0.4, 0.5) is 0 Å². The molecule has 0 bridgehead atoms. The van der Waals surface area contributed by atoms with E-state index in [2.05, 4.69) is 4.98 Å². The lowest BCUT2D eigenvalue weighted by Crippen LogP contribution is -2.17. The maximum absolute atomic E-state index is 11.0. The van der Waals surface area contributed by atoms with Gasteiger partial charge >= 0.3 is 5.97 Å². The molecule has 0 aromatic carbocycles. The van der Waals surface area contributed by atoms with Gasteiger partial charge in [0.15, 0.2) is 0 Å². The van der Waals surface area contributed by atoms with Gasteiger partial charge in [-0.15, -0.1) is 11.3 Å². The molecule has 0 fully saturated rings. The smallest absolute Gasteiger partial charge is 0.306 e. The molecule has 1 atom stereocenters. The largest absolute Gasteiger partial charge is 0.481 e. The van der Waals surface area contributed by atoms with Crippen LogP contribution < -0.4 is 5.73 Å². The average molecular weight is 242 g/mol. The first kappa shape index (κ1) is 13.1. The van der Waals surface area contributed by atoms with Crippen LogP contribution in [0, 0.1) is 19.8 Å². The second-order valence-corrected chi connectivity index (χ2v) is 5.21. The van der Waals surface area contributed by atoms with E-state index in [9.17, 15) is 4.79 Å². The second-order valence-electron chi connectivity index (χ2n) is 3.92. The normalized spacial score (nSPS) is 12.7. The van der Waals surface area contributed by atoms with Crippen molar-refractivity contribution >= 4 is 17.3 Å². The summed E-state index contributed by atoms with van der Waals surface area (Å²) in [7, 11) is 0. The van der Waals surface area contributed by atoms with Crippen LogP contribution in [0.3, 0.4) is 0 Å². The van der Waals surface area contributed by atoms with Gasteiger partial charge in [0.2, 0.25) is 0 Å². The molecule has 1 heterocycles. The molecule has 4 nitrogen and oxygen atoms in total. The Morgan fingerprint density at radius 2 is 2.25 bits per heavy atom. The highest BCUT2D eigenvalue weighted by molar-refractivity contribution is 7.11. The lowest BCUT2D eigenvalue weighted by molar-refractivity contribution is -0.141. The quantitative estimate of drug-likeness (QED) is 0.796. The van der Waals surface area contributed by atoms with Crippen LogP contribution in [0.15, 0.2) is 0 Å². The van der Waals surface area contributed by atoms with Crippen LogP contribution in [-0.4, -0.2) is 22.6 Å². The van der Waals surface area contributed by atoms with Gasteiger partial charge in [-0.3, -0.25) is 4.79 Å². The highest BCUT2D eigenvalue weighted by Crippen LogP contribution is 2.21. The number of carbonyl (C=O) groups is 1. The Hall–Kier alpha value is -0.940. The number of aliphatic carboxylic acids is 1. The molecule has 16 heavy (non-hydrogen) atoms. The number of aromatic nitrogens is 1. The Labute approximate surface area is 99.5 Å². The van der Waals surface area contributed by atoms with Crippen molar-refractivity contribution in [1.82, 2.24) is 4.98 Å². The zero-order valence-corrected chi connectivity index (χ0v) is 10.5. The van der Waals surface area contributed by atoms with Crippen molar-refractivity contribution in [3.05, 3.63) is 15.6 Å². The zero-order chi connectivity index (χ0) is 12.1. The first-order valence-corrected chi connectivity index (χ1v) is 6.22. The summed E-state index contributed by atoms with van der Waals surface area (Å²) in [6, 6.07) is 0. The molecule has 1 aromatic heterocycles. The summed E-state index contributed by atoms with van der Waals surface area (Å²) < 4.78 is 0. The summed E-state index contributed by atoms with van der Waals surface area (Å²) >= 11 is 1.59. The third kappa shape index (κ3) is 3.57. The molecule has 5 heteroatoms. The molecule has 0 aliphatic carbocycles. The molecular weight excluding hydrogens is 224 g/mol. The van der Waals surface area contributed by atoms with Gasteiger partial charge in [-0.2, -0.15) is 0 Å². The van der Waals surface area contributed by atoms with Crippen LogP contribution in [0.5, 0.6) is 0 Å². The van der Waals surface area contributed by atoms with Crippen LogP contribution in [0.1, 0.15) is 28.4 Å². The number of thiazole rings is 1. The van der Waals surface area contributed by atoms with Gasteiger partial charge in [-0.25, -0.2) is 4.98 Å². The molecule has 3 N–H and O–H groups in total. The van der Waals surface area contributed by atoms with Crippen molar-refractivity contribution in [2.75, 3.05) is 6.54 Å². The topological polar surface area (TPSA) is 76.2 Å². The highest BCUT2D eigenvalue weighted by atomic mass is 32.1. The first-order chi connectivity index (χ1) is 7.54. The average Bonchev–Trinajstić information content (AvgIpc) is 2.52. The molecule has 1 rings (SSSR count). The van der Waals surface area contributed by atoms with Crippen LogP contribution in [-0.2, 0) is 11.2 Å². The molecule has 0 spiro atoms. The van der Waals surface area contributed by atoms with Crippen molar-refractivity contribution in [1.29, 1.82) is 0 Å². The van der Waals surface area contributed by atoms with E-state index in [0.29, 0.717) is 19.4 Å². The minimum atomic E-state index is -0.751. The number of carboxylic acid groups (broad SMARTS) is 1. The SMILES string of the molecule is Cc1nc(CC(CCCN)C(=O)O)sc1C. The maximum atomic E-state index is 11.0. The Morgan fingerprint density at radius 3 is 2.69 bits per heavy atom. The van der Waals surface area contributed by atoms with Crippen molar-refractivity contribution < 1.29 is 9.90 Å². The zero-order valence-electron chi connectivity index (χ0n) is 9.69. The van der Waals surface area contributed by atoms with Crippen molar-refractivity contribution in [2.45, 2.75) is 33.1 Å². The molecule has 0 radical (unpaired) electrons. The van der Waals surface area contributed by atoms with Gasteiger partial charge < -0.3 is 10.8 Å². The summed E-state index contributed by atoms with van der Waals surface area (Å²) in [5, 5.41) is 9.99. The van der Waals surface area contributed by atoms with Crippen LogP contribution in [0.2, 0.25) is 0 Å². The van der Waals surface area contributed by atoms with Gasteiger partial charge in [0, 0.05) is 11.3 Å². The van der Waals surface area contributed by atoms with Crippen molar-refractivity contribution in [3.8, 4) is 0 Å². The molecular formula is C11H18N2O2S. The van der Waals surface area contributed by atoms with E-state index < -0.39 is 5.97 Å². The number of hydrogen-bond donors (Lipinski definition) is 2. The number of hydrogen-bond acceptors (Lipinski definition) is 4. The van der Waals surface area contributed by atoms with E-state index in [1.807, 2.05) is 13.8 Å².